The fourth-order valence-electron chi connectivity index (χ4n) is 3.52. The fraction of sp³-hybridized carbons (Fsp3) is 0.600. The maximum Gasteiger partial charge on any atom is 0.238 e. The number of likely N-dealkylation sites (N-methyl/N-ethyl adjacent to an activating group) is 1. The summed E-state index contributed by atoms with van der Waals surface area (Å²) in [5.41, 5.74) is 1.66. The van der Waals surface area contributed by atoms with Gasteiger partial charge in [0.2, 0.25) is 11.8 Å². The molecule has 6 heteroatoms. The Labute approximate surface area is 156 Å². The highest BCUT2D eigenvalue weighted by Crippen LogP contribution is 2.47. The highest BCUT2D eigenvalue weighted by molar-refractivity contribution is 6.07. The Morgan fingerprint density at radius 2 is 1.85 bits per heavy atom. The molecule has 142 valence electrons. The summed E-state index contributed by atoms with van der Waals surface area (Å²) < 4.78 is 0. The van der Waals surface area contributed by atoms with Crippen LogP contribution in [0.5, 0.6) is 0 Å². The Balaban J connectivity index is 1.54. The van der Waals surface area contributed by atoms with Gasteiger partial charge in [0.15, 0.2) is 0 Å². The largest absolute Gasteiger partial charge is 0.368 e. The first kappa shape index (κ1) is 18.7. The first-order chi connectivity index (χ1) is 12.4. The lowest BCUT2D eigenvalue weighted by atomic mass is 10.0. The summed E-state index contributed by atoms with van der Waals surface area (Å²) in [6.45, 7) is 6.45. The van der Waals surface area contributed by atoms with E-state index in [1.54, 1.807) is 0 Å². The molecule has 0 radical (unpaired) electrons. The lowest BCUT2D eigenvalue weighted by Crippen LogP contribution is -2.53. The number of hydrogen-bond acceptors (Lipinski definition) is 4. The van der Waals surface area contributed by atoms with E-state index < -0.39 is 5.41 Å². The van der Waals surface area contributed by atoms with E-state index in [4.69, 9.17) is 0 Å². The second kappa shape index (κ2) is 7.66. The van der Waals surface area contributed by atoms with Gasteiger partial charge < -0.3 is 20.0 Å². The molecular weight excluding hydrogens is 328 g/mol. The quantitative estimate of drug-likeness (QED) is 0.774. The van der Waals surface area contributed by atoms with Crippen molar-refractivity contribution in [2.45, 2.75) is 19.8 Å². The zero-order valence-corrected chi connectivity index (χ0v) is 16.1. The Hall–Kier alpha value is -2.08. The molecule has 1 aromatic carbocycles. The minimum absolute atomic E-state index is 0.0174. The molecule has 1 heterocycles. The van der Waals surface area contributed by atoms with Gasteiger partial charge in [0, 0.05) is 45.0 Å². The second-order valence-electron chi connectivity index (χ2n) is 7.76. The molecule has 1 saturated carbocycles. The normalized spacial score (nSPS) is 18.8. The van der Waals surface area contributed by atoms with Crippen molar-refractivity contribution in [2.24, 2.45) is 5.41 Å². The summed E-state index contributed by atoms with van der Waals surface area (Å²) in [6.07, 6.45) is 1.36. The molecule has 2 fully saturated rings. The summed E-state index contributed by atoms with van der Waals surface area (Å²) >= 11 is 0. The van der Waals surface area contributed by atoms with Gasteiger partial charge in [0.1, 0.15) is 5.41 Å². The van der Waals surface area contributed by atoms with E-state index >= 15 is 0 Å². The number of anilines is 1. The molecule has 1 aliphatic carbocycles. The van der Waals surface area contributed by atoms with E-state index in [1.165, 1.54) is 11.3 Å². The lowest BCUT2D eigenvalue weighted by Gasteiger charge is -2.37. The summed E-state index contributed by atoms with van der Waals surface area (Å²) in [6, 6.07) is 8.46. The van der Waals surface area contributed by atoms with Gasteiger partial charge in [-0.15, -0.1) is 0 Å². The number of piperazine rings is 1. The number of benzene rings is 1. The van der Waals surface area contributed by atoms with Crippen molar-refractivity contribution >= 4 is 17.5 Å². The van der Waals surface area contributed by atoms with Gasteiger partial charge in [0.25, 0.3) is 0 Å². The summed E-state index contributed by atoms with van der Waals surface area (Å²) in [7, 11) is 3.94. The molecule has 0 aromatic heterocycles. The van der Waals surface area contributed by atoms with Crippen LogP contribution in [0.25, 0.3) is 0 Å². The van der Waals surface area contributed by atoms with Crippen LogP contribution in [-0.2, 0) is 9.59 Å². The molecule has 1 aliphatic heterocycles. The SMILES string of the molecule is Cc1cccc(N2CCN(C(=O)C3(C(=O)NCCN(C)C)CC3)CC2)c1. The van der Waals surface area contributed by atoms with Gasteiger partial charge in [-0.05, 0) is 51.6 Å². The maximum atomic E-state index is 13.0. The topological polar surface area (TPSA) is 55.9 Å². The predicted octanol–water partition coefficient (Wildman–Crippen LogP) is 1.10. The first-order valence-corrected chi connectivity index (χ1v) is 9.46. The van der Waals surface area contributed by atoms with E-state index in [9.17, 15) is 9.59 Å². The number of nitrogens with one attached hydrogen (secondary N) is 1. The summed E-state index contributed by atoms with van der Waals surface area (Å²) in [4.78, 5) is 31.7. The van der Waals surface area contributed by atoms with Crippen LogP contribution in [0.15, 0.2) is 24.3 Å². The highest BCUT2D eigenvalue weighted by atomic mass is 16.2. The summed E-state index contributed by atoms with van der Waals surface area (Å²) in [5, 5.41) is 2.94. The molecule has 2 amide bonds. The van der Waals surface area contributed by atoms with Gasteiger partial charge in [-0.3, -0.25) is 9.59 Å². The Morgan fingerprint density at radius 1 is 1.15 bits per heavy atom. The van der Waals surface area contributed by atoms with Crippen LogP contribution in [0.1, 0.15) is 18.4 Å². The Morgan fingerprint density at radius 3 is 2.42 bits per heavy atom. The van der Waals surface area contributed by atoms with E-state index in [0.29, 0.717) is 32.5 Å². The van der Waals surface area contributed by atoms with Gasteiger partial charge in [0.05, 0.1) is 0 Å². The Bertz CT molecular complexity index is 662. The molecule has 1 aromatic rings. The van der Waals surface area contributed by atoms with Crippen molar-refractivity contribution < 1.29 is 9.59 Å². The molecule has 1 N–H and O–H groups in total. The van der Waals surface area contributed by atoms with Crippen molar-refractivity contribution in [1.82, 2.24) is 15.1 Å². The van der Waals surface area contributed by atoms with Crippen molar-refractivity contribution in [1.29, 1.82) is 0 Å². The van der Waals surface area contributed by atoms with Crippen LogP contribution in [0.3, 0.4) is 0 Å². The number of aryl methyl sites for hydroxylation is 1. The van der Waals surface area contributed by atoms with E-state index in [0.717, 1.165) is 19.6 Å². The van der Waals surface area contributed by atoms with Gasteiger partial charge in [-0.2, -0.15) is 0 Å². The zero-order valence-electron chi connectivity index (χ0n) is 16.1. The minimum atomic E-state index is -0.794. The van der Waals surface area contributed by atoms with Crippen LogP contribution < -0.4 is 10.2 Å². The van der Waals surface area contributed by atoms with E-state index in [2.05, 4.69) is 41.4 Å². The molecule has 0 bridgehead atoms. The molecule has 2 aliphatic rings. The van der Waals surface area contributed by atoms with E-state index in [-0.39, 0.29) is 11.8 Å². The van der Waals surface area contributed by atoms with Crippen molar-refractivity contribution in [2.75, 3.05) is 58.3 Å². The predicted molar refractivity (Wildman–Crippen MR) is 103 cm³/mol. The van der Waals surface area contributed by atoms with Crippen molar-refractivity contribution in [3.05, 3.63) is 29.8 Å². The molecule has 6 nitrogen and oxygen atoms in total. The smallest absolute Gasteiger partial charge is 0.238 e. The van der Waals surface area contributed by atoms with Crippen LogP contribution in [0.4, 0.5) is 5.69 Å². The monoisotopic (exact) mass is 358 g/mol. The third kappa shape index (κ3) is 4.01. The molecule has 0 spiro atoms. The maximum absolute atomic E-state index is 13.0. The van der Waals surface area contributed by atoms with Crippen molar-refractivity contribution in [3.63, 3.8) is 0 Å². The lowest BCUT2D eigenvalue weighted by molar-refractivity contribution is -0.144. The fourth-order valence-corrected chi connectivity index (χ4v) is 3.52. The van der Waals surface area contributed by atoms with Crippen LogP contribution in [-0.4, -0.2) is 75.0 Å². The third-order valence-electron chi connectivity index (χ3n) is 5.37. The average Bonchev–Trinajstić information content (AvgIpc) is 3.43. The molecule has 3 rings (SSSR count). The molecular formula is C20H30N4O2. The average molecular weight is 358 g/mol. The molecule has 26 heavy (non-hydrogen) atoms. The van der Waals surface area contributed by atoms with E-state index in [1.807, 2.05) is 23.9 Å². The number of carbonyl (C=O) groups excluding carboxylic acids is 2. The van der Waals surface area contributed by atoms with Crippen LogP contribution in [0, 0.1) is 12.3 Å². The molecule has 1 saturated heterocycles. The van der Waals surface area contributed by atoms with Gasteiger partial charge in [-0.25, -0.2) is 0 Å². The zero-order chi connectivity index (χ0) is 18.7. The Kier molecular flexibility index (Phi) is 5.51. The number of carbonyl (C=O) groups is 2. The number of nitrogens with zero attached hydrogens (tertiary/aromatic N) is 3. The van der Waals surface area contributed by atoms with Crippen LogP contribution >= 0.6 is 0 Å². The van der Waals surface area contributed by atoms with Crippen LogP contribution in [0.2, 0.25) is 0 Å². The second-order valence-corrected chi connectivity index (χ2v) is 7.76. The van der Waals surface area contributed by atoms with Crippen molar-refractivity contribution in [3.8, 4) is 0 Å². The highest BCUT2D eigenvalue weighted by Gasteiger charge is 2.58. The number of hydrogen-bond donors (Lipinski definition) is 1. The number of amides is 2. The minimum Gasteiger partial charge on any atom is -0.368 e. The summed E-state index contributed by atoms with van der Waals surface area (Å²) in [5.74, 6) is -0.0748. The first-order valence-electron chi connectivity index (χ1n) is 9.46. The molecule has 0 unspecified atom stereocenters. The molecule has 0 atom stereocenters. The third-order valence-corrected chi connectivity index (χ3v) is 5.37. The standard InChI is InChI=1S/C20H30N4O2/c1-16-5-4-6-17(15-16)23-11-13-24(14-12-23)19(26)20(7-8-20)18(25)21-9-10-22(2)3/h4-6,15H,7-14H2,1-3H3,(H,21,25). The number of rotatable bonds is 6. The van der Waals surface area contributed by atoms with Gasteiger partial charge >= 0.3 is 0 Å². The van der Waals surface area contributed by atoms with Gasteiger partial charge in [-0.1, -0.05) is 12.1 Å².